The molecule has 6 heteroatoms. The molecule has 0 bridgehead atoms. The van der Waals surface area contributed by atoms with Gasteiger partial charge in [0.15, 0.2) is 0 Å². The predicted octanol–water partition coefficient (Wildman–Crippen LogP) is 2.52. The van der Waals surface area contributed by atoms with E-state index in [1.54, 1.807) is 0 Å². The first kappa shape index (κ1) is 13.8. The topological polar surface area (TPSA) is 28.6 Å². The first-order chi connectivity index (χ1) is 9.24. The Hall–Kier alpha value is -0.170. The van der Waals surface area contributed by atoms with Crippen molar-refractivity contribution in [1.82, 2.24) is 9.88 Å². The molecule has 3 heterocycles. The molecule has 1 unspecified atom stereocenters. The van der Waals surface area contributed by atoms with Crippen LogP contribution in [0.25, 0.3) is 0 Å². The van der Waals surface area contributed by atoms with Gasteiger partial charge in [-0.15, -0.1) is 0 Å². The normalized spacial score (nSPS) is 24.9. The summed E-state index contributed by atoms with van der Waals surface area (Å²) in [6, 6.07) is 2.70. The minimum atomic E-state index is 0.640. The molecule has 104 valence electrons. The molecule has 0 aromatic carbocycles. The molecular formula is C13H17Br2N3O. The molecule has 1 atom stereocenters. The van der Waals surface area contributed by atoms with Gasteiger partial charge in [-0.1, -0.05) is 0 Å². The molecule has 2 aliphatic rings. The number of hydrogen-bond acceptors (Lipinski definition) is 4. The van der Waals surface area contributed by atoms with Gasteiger partial charge >= 0.3 is 0 Å². The first-order valence-electron chi connectivity index (χ1n) is 6.62. The second-order valence-corrected chi connectivity index (χ2v) is 6.77. The highest BCUT2D eigenvalue weighted by molar-refractivity contribution is 9.11. The molecule has 0 radical (unpaired) electrons. The van der Waals surface area contributed by atoms with Gasteiger partial charge in [-0.2, -0.15) is 0 Å². The lowest BCUT2D eigenvalue weighted by Gasteiger charge is -2.32. The van der Waals surface area contributed by atoms with Gasteiger partial charge in [0.25, 0.3) is 0 Å². The second-order valence-electron chi connectivity index (χ2n) is 5.00. The smallest absolute Gasteiger partial charge is 0.142 e. The Kier molecular flexibility index (Phi) is 4.41. The van der Waals surface area contributed by atoms with Crippen LogP contribution in [0, 0.1) is 0 Å². The Balaban J connectivity index is 1.67. The third-order valence-electron chi connectivity index (χ3n) is 3.81. The quantitative estimate of drug-likeness (QED) is 0.775. The molecule has 2 aliphatic heterocycles. The summed E-state index contributed by atoms with van der Waals surface area (Å²) in [6.45, 7) is 6.01. The van der Waals surface area contributed by atoms with Gasteiger partial charge in [-0.3, -0.25) is 4.90 Å². The summed E-state index contributed by atoms with van der Waals surface area (Å²) in [5.41, 5.74) is 0. The monoisotopic (exact) mass is 389 g/mol. The molecule has 19 heavy (non-hydrogen) atoms. The highest BCUT2D eigenvalue weighted by atomic mass is 79.9. The van der Waals surface area contributed by atoms with E-state index in [9.17, 15) is 0 Å². The maximum Gasteiger partial charge on any atom is 0.142 e. The van der Waals surface area contributed by atoms with Crippen molar-refractivity contribution in [2.45, 2.75) is 12.5 Å². The fourth-order valence-corrected chi connectivity index (χ4v) is 4.05. The summed E-state index contributed by atoms with van der Waals surface area (Å²) >= 11 is 7.05. The van der Waals surface area contributed by atoms with Gasteiger partial charge < -0.3 is 9.64 Å². The van der Waals surface area contributed by atoms with E-state index in [0.29, 0.717) is 6.04 Å². The number of rotatable bonds is 2. The van der Waals surface area contributed by atoms with Gasteiger partial charge in [-0.05, 0) is 44.3 Å². The largest absolute Gasteiger partial charge is 0.379 e. The van der Waals surface area contributed by atoms with Gasteiger partial charge in [0.2, 0.25) is 0 Å². The molecule has 1 aromatic heterocycles. The number of halogens is 2. The van der Waals surface area contributed by atoms with Crippen LogP contribution < -0.4 is 4.90 Å². The van der Waals surface area contributed by atoms with E-state index in [4.69, 9.17) is 4.74 Å². The van der Waals surface area contributed by atoms with Crippen LogP contribution >= 0.6 is 31.9 Å². The molecule has 0 aliphatic carbocycles. The molecule has 2 saturated heterocycles. The SMILES string of the molecule is Brc1cnc(N2CCC(N3CCOCC3)C2)c(Br)c1. The summed E-state index contributed by atoms with van der Waals surface area (Å²) in [5, 5.41) is 0. The average Bonchev–Trinajstić information content (AvgIpc) is 2.89. The maximum absolute atomic E-state index is 5.42. The van der Waals surface area contributed by atoms with Gasteiger partial charge in [0.05, 0.1) is 17.7 Å². The zero-order valence-corrected chi connectivity index (χ0v) is 13.9. The second kappa shape index (κ2) is 6.08. The van der Waals surface area contributed by atoms with Crippen molar-refractivity contribution in [3.63, 3.8) is 0 Å². The Bertz CT molecular complexity index is 452. The highest BCUT2D eigenvalue weighted by Crippen LogP contribution is 2.30. The van der Waals surface area contributed by atoms with Gasteiger partial charge in [0, 0.05) is 42.9 Å². The summed E-state index contributed by atoms with van der Waals surface area (Å²) in [5.74, 6) is 1.05. The number of hydrogen-bond donors (Lipinski definition) is 0. The summed E-state index contributed by atoms with van der Waals surface area (Å²) in [7, 11) is 0. The summed E-state index contributed by atoms with van der Waals surface area (Å²) < 4.78 is 7.49. The maximum atomic E-state index is 5.42. The number of pyridine rings is 1. The third-order valence-corrected chi connectivity index (χ3v) is 4.83. The van der Waals surface area contributed by atoms with Gasteiger partial charge in [-0.25, -0.2) is 4.98 Å². The molecule has 0 amide bonds. The van der Waals surface area contributed by atoms with E-state index in [-0.39, 0.29) is 0 Å². The van der Waals surface area contributed by atoms with E-state index < -0.39 is 0 Å². The Morgan fingerprint density at radius 3 is 2.74 bits per heavy atom. The van der Waals surface area contributed by atoms with E-state index in [0.717, 1.165) is 54.2 Å². The number of aromatic nitrogens is 1. The molecule has 1 aromatic rings. The van der Waals surface area contributed by atoms with Crippen molar-refractivity contribution in [2.75, 3.05) is 44.3 Å². The van der Waals surface area contributed by atoms with Crippen molar-refractivity contribution >= 4 is 37.7 Å². The van der Waals surface area contributed by atoms with Crippen molar-refractivity contribution in [2.24, 2.45) is 0 Å². The lowest BCUT2D eigenvalue weighted by Crippen LogP contribution is -2.44. The first-order valence-corrected chi connectivity index (χ1v) is 8.20. The van der Waals surface area contributed by atoms with Crippen LogP contribution in [-0.2, 0) is 4.74 Å². The minimum absolute atomic E-state index is 0.640. The van der Waals surface area contributed by atoms with Crippen LogP contribution in [0.2, 0.25) is 0 Å². The number of anilines is 1. The average molecular weight is 391 g/mol. The molecule has 2 fully saturated rings. The Labute approximate surface area is 130 Å². The van der Waals surface area contributed by atoms with Crippen LogP contribution in [0.3, 0.4) is 0 Å². The van der Waals surface area contributed by atoms with Crippen LogP contribution in [0.1, 0.15) is 6.42 Å². The fourth-order valence-electron chi connectivity index (χ4n) is 2.81. The van der Waals surface area contributed by atoms with Crippen molar-refractivity contribution < 1.29 is 4.74 Å². The third kappa shape index (κ3) is 3.12. The van der Waals surface area contributed by atoms with E-state index in [1.807, 2.05) is 6.20 Å². The molecule has 4 nitrogen and oxygen atoms in total. The lowest BCUT2D eigenvalue weighted by atomic mass is 10.2. The number of morpholine rings is 1. The van der Waals surface area contributed by atoms with Crippen molar-refractivity contribution in [1.29, 1.82) is 0 Å². The molecule has 0 saturated carbocycles. The van der Waals surface area contributed by atoms with Crippen LogP contribution in [0.15, 0.2) is 21.2 Å². The number of ether oxygens (including phenoxy) is 1. The molecule has 0 N–H and O–H groups in total. The van der Waals surface area contributed by atoms with E-state index in [2.05, 4.69) is 52.7 Å². The fraction of sp³-hybridized carbons (Fsp3) is 0.615. The standard InChI is InChI=1S/C13H17Br2N3O/c14-10-7-12(15)13(16-8-10)18-2-1-11(9-18)17-3-5-19-6-4-17/h7-8,11H,1-6,9H2. The zero-order chi connectivity index (χ0) is 13.2. The summed E-state index contributed by atoms with van der Waals surface area (Å²) in [4.78, 5) is 9.45. The highest BCUT2D eigenvalue weighted by Gasteiger charge is 2.30. The van der Waals surface area contributed by atoms with Gasteiger partial charge in [0.1, 0.15) is 5.82 Å². The Morgan fingerprint density at radius 2 is 2.00 bits per heavy atom. The van der Waals surface area contributed by atoms with Crippen LogP contribution in [0.5, 0.6) is 0 Å². The molecular weight excluding hydrogens is 374 g/mol. The molecule has 3 rings (SSSR count). The van der Waals surface area contributed by atoms with E-state index >= 15 is 0 Å². The minimum Gasteiger partial charge on any atom is -0.379 e. The lowest BCUT2D eigenvalue weighted by molar-refractivity contribution is 0.0209. The van der Waals surface area contributed by atoms with Crippen molar-refractivity contribution in [3.8, 4) is 0 Å². The van der Waals surface area contributed by atoms with Crippen LogP contribution in [-0.4, -0.2) is 55.3 Å². The Morgan fingerprint density at radius 1 is 1.21 bits per heavy atom. The summed E-state index contributed by atoms with van der Waals surface area (Å²) in [6.07, 6.45) is 3.08. The van der Waals surface area contributed by atoms with E-state index in [1.165, 1.54) is 6.42 Å². The van der Waals surface area contributed by atoms with Crippen molar-refractivity contribution in [3.05, 3.63) is 21.2 Å². The van der Waals surface area contributed by atoms with Crippen LogP contribution in [0.4, 0.5) is 5.82 Å². The number of nitrogens with zero attached hydrogens (tertiary/aromatic N) is 3. The predicted molar refractivity (Wildman–Crippen MR) is 82.6 cm³/mol. The zero-order valence-electron chi connectivity index (χ0n) is 10.7. The molecule has 0 spiro atoms.